The maximum Gasteiger partial charge on any atom is 0.228 e. The molecule has 0 atom stereocenters. The normalized spacial score (nSPS) is 10.8. The van der Waals surface area contributed by atoms with Crippen LogP contribution in [0.4, 0.5) is 5.69 Å². The predicted molar refractivity (Wildman–Crippen MR) is 87.9 cm³/mol. The van der Waals surface area contributed by atoms with Crippen molar-refractivity contribution in [2.24, 2.45) is 0 Å². The minimum Gasteiger partial charge on any atom is -0.326 e. The van der Waals surface area contributed by atoms with Crippen molar-refractivity contribution in [3.63, 3.8) is 0 Å². The first-order valence-electron chi connectivity index (χ1n) is 6.81. The van der Waals surface area contributed by atoms with E-state index in [1.165, 1.54) is 11.1 Å². The second-order valence-electron chi connectivity index (χ2n) is 5.18. The number of hydrogen-bond acceptors (Lipinski definition) is 3. The minimum absolute atomic E-state index is 0.00664. The SMILES string of the molecule is Cc1ccc(CC(=O)Nc2ccc3scnc3c2)cc1C. The van der Waals surface area contributed by atoms with Crippen LogP contribution in [0.3, 0.4) is 0 Å². The predicted octanol–water partition coefficient (Wildman–Crippen LogP) is 4.09. The molecule has 0 aliphatic heterocycles. The third-order valence-electron chi connectivity index (χ3n) is 3.55. The number of fused-ring (bicyclic) bond motifs is 1. The minimum atomic E-state index is -0.00664. The number of thiazole rings is 1. The maximum atomic E-state index is 12.1. The third-order valence-corrected chi connectivity index (χ3v) is 4.36. The zero-order chi connectivity index (χ0) is 14.8. The second-order valence-corrected chi connectivity index (χ2v) is 6.06. The summed E-state index contributed by atoms with van der Waals surface area (Å²) in [7, 11) is 0. The molecule has 21 heavy (non-hydrogen) atoms. The Morgan fingerprint density at radius 3 is 2.81 bits per heavy atom. The molecule has 3 rings (SSSR count). The Kier molecular flexibility index (Phi) is 3.71. The van der Waals surface area contributed by atoms with E-state index >= 15 is 0 Å². The molecule has 0 unspecified atom stereocenters. The van der Waals surface area contributed by atoms with Crippen LogP contribution in [-0.4, -0.2) is 10.9 Å². The molecule has 3 aromatic rings. The topological polar surface area (TPSA) is 42.0 Å². The van der Waals surface area contributed by atoms with E-state index < -0.39 is 0 Å². The van der Waals surface area contributed by atoms with Gasteiger partial charge >= 0.3 is 0 Å². The quantitative estimate of drug-likeness (QED) is 0.791. The lowest BCUT2D eigenvalue weighted by molar-refractivity contribution is -0.115. The molecular formula is C17H16N2OS. The zero-order valence-electron chi connectivity index (χ0n) is 12.0. The van der Waals surface area contributed by atoms with Gasteiger partial charge in [-0.15, -0.1) is 11.3 Å². The fraction of sp³-hybridized carbons (Fsp3) is 0.176. The summed E-state index contributed by atoms with van der Waals surface area (Å²) in [5.74, 6) is -0.00664. The maximum absolute atomic E-state index is 12.1. The van der Waals surface area contributed by atoms with Crippen LogP contribution in [-0.2, 0) is 11.2 Å². The van der Waals surface area contributed by atoms with E-state index in [2.05, 4.69) is 36.3 Å². The molecule has 0 spiro atoms. The van der Waals surface area contributed by atoms with Gasteiger partial charge in [0.15, 0.2) is 0 Å². The molecule has 0 saturated carbocycles. The lowest BCUT2D eigenvalue weighted by Gasteiger charge is -2.07. The van der Waals surface area contributed by atoms with Gasteiger partial charge in [-0.05, 0) is 48.7 Å². The molecule has 1 N–H and O–H groups in total. The monoisotopic (exact) mass is 296 g/mol. The summed E-state index contributed by atoms with van der Waals surface area (Å²) in [4.78, 5) is 16.4. The number of carbonyl (C=O) groups is 1. The van der Waals surface area contributed by atoms with E-state index in [1.54, 1.807) is 11.3 Å². The zero-order valence-corrected chi connectivity index (χ0v) is 12.8. The number of aromatic nitrogens is 1. The number of carbonyl (C=O) groups excluding carboxylic acids is 1. The third kappa shape index (κ3) is 3.11. The number of rotatable bonds is 3. The van der Waals surface area contributed by atoms with Crippen molar-refractivity contribution in [2.45, 2.75) is 20.3 Å². The molecule has 0 saturated heterocycles. The van der Waals surface area contributed by atoms with Gasteiger partial charge in [0, 0.05) is 5.69 Å². The number of aryl methyl sites for hydroxylation is 2. The average Bonchev–Trinajstić information content (AvgIpc) is 2.90. The van der Waals surface area contributed by atoms with Crippen LogP contribution in [0.1, 0.15) is 16.7 Å². The van der Waals surface area contributed by atoms with Crippen molar-refractivity contribution < 1.29 is 4.79 Å². The highest BCUT2D eigenvalue weighted by Gasteiger charge is 2.06. The second kappa shape index (κ2) is 5.66. The fourth-order valence-electron chi connectivity index (χ4n) is 2.24. The van der Waals surface area contributed by atoms with Gasteiger partial charge in [-0.1, -0.05) is 18.2 Å². The van der Waals surface area contributed by atoms with Gasteiger partial charge in [-0.3, -0.25) is 4.79 Å². The van der Waals surface area contributed by atoms with Crippen molar-refractivity contribution >= 4 is 33.1 Å². The molecule has 0 aliphatic rings. The first-order valence-corrected chi connectivity index (χ1v) is 7.69. The molecule has 0 fully saturated rings. The summed E-state index contributed by atoms with van der Waals surface area (Å²) in [5.41, 5.74) is 7.01. The molecule has 1 aromatic heterocycles. The Morgan fingerprint density at radius 2 is 2.00 bits per heavy atom. The molecule has 106 valence electrons. The van der Waals surface area contributed by atoms with Crippen LogP contribution in [0.2, 0.25) is 0 Å². The summed E-state index contributed by atoms with van der Waals surface area (Å²) in [6, 6.07) is 11.9. The molecule has 2 aromatic carbocycles. The van der Waals surface area contributed by atoms with E-state index in [0.717, 1.165) is 21.5 Å². The molecule has 1 heterocycles. The molecule has 3 nitrogen and oxygen atoms in total. The fourth-order valence-corrected chi connectivity index (χ4v) is 2.90. The Balaban J connectivity index is 1.71. The number of nitrogens with one attached hydrogen (secondary N) is 1. The van der Waals surface area contributed by atoms with E-state index in [9.17, 15) is 4.79 Å². The molecule has 1 amide bonds. The van der Waals surface area contributed by atoms with Crippen LogP contribution in [0.15, 0.2) is 41.9 Å². The van der Waals surface area contributed by atoms with Crippen LogP contribution in [0.25, 0.3) is 10.2 Å². The van der Waals surface area contributed by atoms with Crippen molar-refractivity contribution in [1.29, 1.82) is 0 Å². The van der Waals surface area contributed by atoms with Crippen molar-refractivity contribution in [3.05, 3.63) is 58.6 Å². The summed E-state index contributed by atoms with van der Waals surface area (Å²) >= 11 is 1.60. The van der Waals surface area contributed by atoms with E-state index in [0.29, 0.717) is 6.42 Å². The summed E-state index contributed by atoms with van der Waals surface area (Å²) in [5, 5.41) is 2.93. The van der Waals surface area contributed by atoms with E-state index in [4.69, 9.17) is 0 Å². The van der Waals surface area contributed by atoms with Gasteiger partial charge in [0.2, 0.25) is 5.91 Å². The van der Waals surface area contributed by atoms with E-state index in [-0.39, 0.29) is 5.91 Å². The van der Waals surface area contributed by atoms with Crippen LogP contribution < -0.4 is 5.32 Å². The highest BCUT2D eigenvalue weighted by atomic mass is 32.1. The van der Waals surface area contributed by atoms with E-state index in [1.807, 2.05) is 29.8 Å². The first-order chi connectivity index (χ1) is 10.1. The number of anilines is 1. The molecular weight excluding hydrogens is 280 g/mol. The number of hydrogen-bond donors (Lipinski definition) is 1. The van der Waals surface area contributed by atoms with Gasteiger partial charge in [-0.2, -0.15) is 0 Å². The van der Waals surface area contributed by atoms with Gasteiger partial charge in [0.05, 0.1) is 22.1 Å². The van der Waals surface area contributed by atoms with Gasteiger partial charge < -0.3 is 5.32 Å². The van der Waals surface area contributed by atoms with Crippen molar-refractivity contribution in [1.82, 2.24) is 4.98 Å². The lowest BCUT2D eigenvalue weighted by Crippen LogP contribution is -2.14. The Labute approximate surface area is 127 Å². The average molecular weight is 296 g/mol. The summed E-state index contributed by atoms with van der Waals surface area (Å²) < 4.78 is 1.13. The Bertz CT molecular complexity index is 807. The summed E-state index contributed by atoms with van der Waals surface area (Å²) in [6.07, 6.45) is 0.385. The Morgan fingerprint density at radius 1 is 1.14 bits per heavy atom. The van der Waals surface area contributed by atoms with Gasteiger partial charge in [-0.25, -0.2) is 4.98 Å². The smallest absolute Gasteiger partial charge is 0.228 e. The van der Waals surface area contributed by atoms with Crippen LogP contribution >= 0.6 is 11.3 Å². The molecule has 0 radical (unpaired) electrons. The lowest BCUT2D eigenvalue weighted by atomic mass is 10.0. The number of nitrogens with zero attached hydrogens (tertiary/aromatic N) is 1. The first kappa shape index (κ1) is 13.8. The largest absolute Gasteiger partial charge is 0.326 e. The highest BCUT2D eigenvalue weighted by molar-refractivity contribution is 7.16. The van der Waals surface area contributed by atoms with Gasteiger partial charge in [0.25, 0.3) is 0 Å². The van der Waals surface area contributed by atoms with Crippen LogP contribution in [0.5, 0.6) is 0 Å². The number of benzene rings is 2. The molecule has 4 heteroatoms. The standard InChI is InChI=1S/C17H16N2OS/c1-11-3-4-13(7-12(11)2)8-17(20)19-14-5-6-16-15(9-14)18-10-21-16/h3-7,9-10H,8H2,1-2H3,(H,19,20). The number of amides is 1. The highest BCUT2D eigenvalue weighted by Crippen LogP contribution is 2.21. The molecule has 0 aliphatic carbocycles. The summed E-state index contributed by atoms with van der Waals surface area (Å²) in [6.45, 7) is 4.13. The molecule has 0 bridgehead atoms. The Hall–Kier alpha value is -2.20. The van der Waals surface area contributed by atoms with Crippen molar-refractivity contribution in [2.75, 3.05) is 5.32 Å². The van der Waals surface area contributed by atoms with Crippen molar-refractivity contribution in [3.8, 4) is 0 Å². The van der Waals surface area contributed by atoms with Crippen LogP contribution in [0, 0.1) is 13.8 Å². The van der Waals surface area contributed by atoms with Gasteiger partial charge in [0.1, 0.15) is 0 Å².